The number of allylic oxidation sites excluding steroid dienone is 5. The molecule has 14 nitrogen and oxygen atoms in total. The largest absolute Gasteiger partial charge is 0.394 e. The number of rotatable bonds is 51. The first-order valence-corrected chi connectivity index (χ1v) is 31.7. The van der Waals surface area contributed by atoms with E-state index < -0.39 is 86.8 Å². The zero-order valence-electron chi connectivity index (χ0n) is 48.7. The maximum atomic E-state index is 13.2. The van der Waals surface area contributed by atoms with E-state index in [-0.39, 0.29) is 18.9 Å². The number of hydrogen-bond donors (Lipinski definition) is 9. The molecule has 12 unspecified atom stereocenters. The first-order chi connectivity index (χ1) is 37.6. The number of hydrogen-bond acceptors (Lipinski definition) is 13. The molecule has 0 aromatic rings. The maximum Gasteiger partial charge on any atom is 0.220 e. The zero-order valence-corrected chi connectivity index (χ0v) is 48.7. The van der Waals surface area contributed by atoms with E-state index >= 15 is 0 Å². The summed E-state index contributed by atoms with van der Waals surface area (Å²) in [5, 5.41) is 87.1. The molecule has 0 bridgehead atoms. The molecule has 77 heavy (non-hydrogen) atoms. The fourth-order valence-electron chi connectivity index (χ4n) is 10.4. The third-order valence-electron chi connectivity index (χ3n) is 15.6. The predicted octanol–water partition coefficient (Wildman–Crippen LogP) is 11.4. The molecule has 2 saturated heterocycles. The summed E-state index contributed by atoms with van der Waals surface area (Å²) in [4.78, 5) is 13.2. The molecule has 0 aromatic carbocycles. The van der Waals surface area contributed by atoms with Crippen molar-refractivity contribution in [3.8, 4) is 0 Å². The Labute approximate surface area is 468 Å². The van der Waals surface area contributed by atoms with Crippen molar-refractivity contribution in [1.29, 1.82) is 0 Å². The molecule has 12 atom stereocenters. The Morgan fingerprint density at radius 1 is 0.455 bits per heavy atom. The SMILES string of the molecule is CCCCCCCCCCCCCCCCCCCCC/C=C/CC/C=C/CC/C=C/C(O)C(COC1OC(CO)C(OC2OC(CO)C(O)C(O)C2O)C(O)C1O)NC(=O)CCCCCCCCCCCCCCCC. The Bertz CT molecular complexity index is 1430. The molecule has 2 aliphatic rings. The fourth-order valence-corrected chi connectivity index (χ4v) is 10.4. The number of carbonyl (C=O) groups is 1. The monoisotopic (exact) mass is 1100 g/mol. The van der Waals surface area contributed by atoms with Gasteiger partial charge in [-0.25, -0.2) is 0 Å². The van der Waals surface area contributed by atoms with Gasteiger partial charge >= 0.3 is 0 Å². The van der Waals surface area contributed by atoms with Gasteiger partial charge in [-0.2, -0.15) is 0 Å². The van der Waals surface area contributed by atoms with E-state index in [9.17, 15) is 45.6 Å². The van der Waals surface area contributed by atoms with E-state index in [0.717, 1.165) is 44.9 Å². The van der Waals surface area contributed by atoms with Crippen molar-refractivity contribution in [1.82, 2.24) is 5.32 Å². The summed E-state index contributed by atoms with van der Waals surface area (Å²) < 4.78 is 22.8. The summed E-state index contributed by atoms with van der Waals surface area (Å²) in [6.07, 6.45) is 43.5. The van der Waals surface area contributed by atoms with E-state index in [1.165, 1.54) is 186 Å². The second-order valence-corrected chi connectivity index (χ2v) is 22.5. The number of aliphatic hydroxyl groups is 8. The summed E-state index contributed by atoms with van der Waals surface area (Å²) >= 11 is 0. The summed E-state index contributed by atoms with van der Waals surface area (Å²) in [7, 11) is 0. The van der Waals surface area contributed by atoms with Crippen molar-refractivity contribution >= 4 is 5.91 Å². The predicted molar refractivity (Wildman–Crippen MR) is 309 cm³/mol. The minimum Gasteiger partial charge on any atom is -0.394 e. The third-order valence-corrected chi connectivity index (χ3v) is 15.6. The quantitative estimate of drug-likeness (QED) is 0.0204. The molecule has 2 aliphatic heterocycles. The Morgan fingerprint density at radius 3 is 1.27 bits per heavy atom. The molecule has 0 spiro atoms. The molecular weight excluding hydrogens is 979 g/mol. The highest BCUT2D eigenvalue weighted by Gasteiger charge is 2.51. The van der Waals surface area contributed by atoms with Gasteiger partial charge in [-0.05, 0) is 44.9 Å². The normalized spacial score (nSPS) is 24.9. The van der Waals surface area contributed by atoms with Crippen LogP contribution in [-0.2, 0) is 23.7 Å². The van der Waals surface area contributed by atoms with Gasteiger partial charge in [0.05, 0.1) is 32.0 Å². The van der Waals surface area contributed by atoms with Crippen LogP contribution in [0.4, 0.5) is 0 Å². The van der Waals surface area contributed by atoms with Crippen LogP contribution in [0.1, 0.15) is 264 Å². The minimum absolute atomic E-state index is 0.251. The van der Waals surface area contributed by atoms with Crippen molar-refractivity contribution < 1.29 is 64.6 Å². The van der Waals surface area contributed by atoms with Crippen molar-refractivity contribution in [2.45, 2.75) is 338 Å². The van der Waals surface area contributed by atoms with E-state index in [4.69, 9.17) is 18.9 Å². The van der Waals surface area contributed by atoms with Crippen LogP contribution in [0, 0.1) is 0 Å². The molecule has 0 aromatic heterocycles. The molecule has 2 rings (SSSR count). The molecular formula is C63H117NO13. The summed E-state index contributed by atoms with van der Waals surface area (Å²) in [5.41, 5.74) is 0. The van der Waals surface area contributed by atoms with E-state index in [0.29, 0.717) is 12.8 Å². The second kappa shape index (κ2) is 48.9. The minimum atomic E-state index is -1.79. The topological polar surface area (TPSA) is 228 Å². The highest BCUT2D eigenvalue weighted by molar-refractivity contribution is 5.76. The van der Waals surface area contributed by atoms with Gasteiger partial charge < -0.3 is 65.1 Å². The van der Waals surface area contributed by atoms with Gasteiger partial charge in [-0.1, -0.05) is 249 Å². The third kappa shape index (κ3) is 34.3. The first-order valence-electron chi connectivity index (χ1n) is 31.7. The lowest BCUT2D eigenvalue weighted by molar-refractivity contribution is -0.359. The standard InChI is InChI=1S/C63H117NO13/c1-3-5-7-9-11-13-15-17-19-20-21-22-23-24-25-26-27-28-29-30-31-32-33-34-36-38-40-42-44-46-52(67)51(64-55(68)47-45-43-41-39-37-35-18-16-14-12-10-8-6-4-2)50-74-62-60(73)58(71)61(54(49-66)76-62)77-63-59(72)57(70)56(69)53(48-65)75-63/h31-32,36,38,44,46,51-54,56-63,65-67,69-73H,3-30,33-35,37,39-43,45,47-50H2,1-2H3,(H,64,68)/b32-31+,38-36+,46-44+. The molecule has 0 aliphatic carbocycles. The second-order valence-electron chi connectivity index (χ2n) is 22.5. The van der Waals surface area contributed by atoms with Crippen molar-refractivity contribution in [2.75, 3.05) is 19.8 Å². The molecule has 14 heteroatoms. The number of ether oxygens (including phenoxy) is 4. The molecule has 2 heterocycles. The van der Waals surface area contributed by atoms with Crippen LogP contribution in [-0.4, -0.2) is 140 Å². The van der Waals surface area contributed by atoms with Crippen LogP contribution >= 0.6 is 0 Å². The molecule has 9 N–H and O–H groups in total. The first kappa shape index (κ1) is 71.3. The average Bonchev–Trinajstić information content (AvgIpc) is 3.43. The lowest BCUT2D eigenvalue weighted by atomic mass is 9.97. The fraction of sp³-hybridized carbons (Fsp3) is 0.889. The van der Waals surface area contributed by atoms with Crippen molar-refractivity contribution in [3.05, 3.63) is 36.5 Å². The van der Waals surface area contributed by atoms with Gasteiger partial charge in [0.2, 0.25) is 5.91 Å². The average molecular weight is 1100 g/mol. The number of aliphatic hydroxyl groups excluding tert-OH is 8. The maximum absolute atomic E-state index is 13.2. The van der Waals surface area contributed by atoms with Gasteiger partial charge in [0.15, 0.2) is 12.6 Å². The van der Waals surface area contributed by atoms with Gasteiger partial charge in [0.1, 0.15) is 48.8 Å². The molecule has 0 radical (unpaired) electrons. The zero-order chi connectivity index (χ0) is 56.0. The van der Waals surface area contributed by atoms with Crippen LogP contribution in [0.2, 0.25) is 0 Å². The van der Waals surface area contributed by atoms with Crippen LogP contribution in [0.25, 0.3) is 0 Å². The highest BCUT2D eigenvalue weighted by atomic mass is 16.7. The highest BCUT2D eigenvalue weighted by Crippen LogP contribution is 2.30. The van der Waals surface area contributed by atoms with E-state index in [2.05, 4.69) is 43.5 Å². The van der Waals surface area contributed by atoms with Crippen LogP contribution in [0.15, 0.2) is 36.5 Å². The van der Waals surface area contributed by atoms with E-state index in [1.54, 1.807) is 6.08 Å². The molecule has 0 saturated carbocycles. The lowest BCUT2D eigenvalue weighted by Gasteiger charge is -2.46. The number of nitrogens with one attached hydrogen (secondary N) is 1. The van der Waals surface area contributed by atoms with Crippen molar-refractivity contribution in [2.24, 2.45) is 0 Å². The Balaban J connectivity index is 1.72. The Morgan fingerprint density at radius 2 is 0.831 bits per heavy atom. The van der Waals surface area contributed by atoms with Crippen molar-refractivity contribution in [3.63, 3.8) is 0 Å². The Kier molecular flexibility index (Phi) is 45.3. The van der Waals surface area contributed by atoms with Gasteiger partial charge in [0, 0.05) is 6.42 Å². The van der Waals surface area contributed by atoms with E-state index in [1.807, 2.05) is 6.08 Å². The molecule has 2 fully saturated rings. The van der Waals surface area contributed by atoms with Crippen LogP contribution in [0.5, 0.6) is 0 Å². The summed E-state index contributed by atoms with van der Waals surface area (Å²) in [6.45, 7) is 2.79. The lowest BCUT2D eigenvalue weighted by Crippen LogP contribution is -2.65. The smallest absolute Gasteiger partial charge is 0.220 e. The van der Waals surface area contributed by atoms with Gasteiger partial charge in [-0.15, -0.1) is 0 Å². The number of carbonyl (C=O) groups excluding carboxylic acids is 1. The van der Waals surface area contributed by atoms with Crippen LogP contribution < -0.4 is 5.32 Å². The summed E-state index contributed by atoms with van der Waals surface area (Å²) in [5.74, 6) is -0.251. The van der Waals surface area contributed by atoms with Gasteiger partial charge in [0.25, 0.3) is 0 Å². The number of unbranched alkanes of at least 4 members (excludes halogenated alkanes) is 34. The van der Waals surface area contributed by atoms with Crippen LogP contribution in [0.3, 0.4) is 0 Å². The molecule has 452 valence electrons. The van der Waals surface area contributed by atoms with Gasteiger partial charge in [-0.3, -0.25) is 4.79 Å². The Hall–Kier alpha value is -1.79. The number of amides is 1. The summed E-state index contributed by atoms with van der Waals surface area (Å²) in [6, 6.07) is -0.935. The molecule has 1 amide bonds.